The fourth-order valence-corrected chi connectivity index (χ4v) is 3.03. The molecule has 2 heteroatoms. The van der Waals surface area contributed by atoms with Crippen LogP contribution in [0, 0.1) is 3.57 Å². The van der Waals surface area contributed by atoms with Gasteiger partial charge in [-0.25, -0.2) is 0 Å². The van der Waals surface area contributed by atoms with Crippen LogP contribution in [0.4, 0.5) is 0 Å². The fourth-order valence-electron chi connectivity index (χ4n) is 1.25. The molecule has 12 heavy (non-hydrogen) atoms. The van der Waals surface area contributed by atoms with Crippen molar-refractivity contribution in [3.63, 3.8) is 0 Å². The van der Waals surface area contributed by atoms with Gasteiger partial charge in [0.15, 0.2) is 0 Å². The first-order valence-electron chi connectivity index (χ1n) is 3.62. The van der Waals surface area contributed by atoms with Crippen LogP contribution in [0.15, 0.2) is 40.9 Å². The highest BCUT2D eigenvalue weighted by Gasteiger charge is 2.00. The Morgan fingerprint density at radius 1 is 1.00 bits per heavy atom. The lowest BCUT2D eigenvalue weighted by atomic mass is 10.1. The molecule has 0 N–H and O–H groups in total. The third-order valence-electron chi connectivity index (χ3n) is 1.80. The van der Waals surface area contributed by atoms with Crippen molar-refractivity contribution < 1.29 is 0 Å². The predicted molar refractivity (Wildman–Crippen MR) is 64.4 cm³/mol. The molecular formula is C10H6BrI. The maximum absolute atomic E-state index is 3.54. The largest absolute Gasteiger partial charge is 0.0606 e. The molecule has 2 aromatic rings. The van der Waals surface area contributed by atoms with Crippen LogP contribution in [-0.4, -0.2) is 0 Å². The molecule has 0 heterocycles. The van der Waals surface area contributed by atoms with Gasteiger partial charge in [-0.05, 0) is 40.1 Å². The molecule has 0 bridgehead atoms. The summed E-state index contributed by atoms with van der Waals surface area (Å²) >= 11 is 5.90. The lowest BCUT2D eigenvalue weighted by Crippen LogP contribution is -1.77. The zero-order valence-electron chi connectivity index (χ0n) is 6.22. The molecule has 0 radical (unpaired) electrons. The lowest BCUT2D eigenvalue weighted by molar-refractivity contribution is 1.67. The third kappa shape index (κ3) is 1.38. The minimum atomic E-state index is 1.17. The van der Waals surface area contributed by atoms with Crippen LogP contribution in [0.3, 0.4) is 0 Å². The predicted octanol–water partition coefficient (Wildman–Crippen LogP) is 4.21. The Labute approximate surface area is 93.2 Å². The minimum absolute atomic E-state index is 1.17. The molecule has 0 nitrogen and oxygen atoms in total. The first-order valence-corrected chi connectivity index (χ1v) is 5.49. The van der Waals surface area contributed by atoms with Crippen LogP contribution in [0.25, 0.3) is 10.8 Å². The summed E-state index contributed by atoms with van der Waals surface area (Å²) in [4.78, 5) is 0. The summed E-state index contributed by atoms with van der Waals surface area (Å²) in [5.74, 6) is 0. The molecule has 0 fully saturated rings. The molecule has 0 aliphatic carbocycles. The van der Waals surface area contributed by atoms with Crippen molar-refractivity contribution in [1.82, 2.24) is 0 Å². The van der Waals surface area contributed by atoms with E-state index in [2.05, 4.69) is 74.9 Å². The lowest BCUT2D eigenvalue weighted by Gasteiger charge is -2.01. The number of benzene rings is 2. The van der Waals surface area contributed by atoms with E-state index in [0.29, 0.717) is 0 Å². The van der Waals surface area contributed by atoms with Gasteiger partial charge in [0.1, 0.15) is 0 Å². The van der Waals surface area contributed by atoms with E-state index in [1.54, 1.807) is 0 Å². The quantitative estimate of drug-likeness (QED) is 0.634. The standard InChI is InChI=1S/C10H6BrI/c11-8-5-1-3-7-4-2-6-9(12)10(7)8/h1-6H. The van der Waals surface area contributed by atoms with Crippen molar-refractivity contribution in [3.8, 4) is 0 Å². The Bertz CT molecular complexity index is 386. The first kappa shape index (κ1) is 8.51. The van der Waals surface area contributed by atoms with E-state index in [1.165, 1.54) is 18.8 Å². The van der Waals surface area contributed by atoms with Crippen LogP contribution < -0.4 is 0 Å². The molecule has 0 saturated carbocycles. The highest BCUT2D eigenvalue weighted by molar-refractivity contribution is 14.1. The summed E-state index contributed by atoms with van der Waals surface area (Å²) in [6.07, 6.45) is 0. The van der Waals surface area contributed by atoms with Gasteiger partial charge in [0.2, 0.25) is 0 Å². The Balaban J connectivity index is 2.96. The van der Waals surface area contributed by atoms with E-state index < -0.39 is 0 Å². The molecule has 0 aliphatic rings. The average molecular weight is 333 g/mol. The van der Waals surface area contributed by atoms with Crippen molar-refractivity contribution in [1.29, 1.82) is 0 Å². The maximum Gasteiger partial charge on any atom is 0.0264 e. The smallest absolute Gasteiger partial charge is 0.0264 e. The van der Waals surface area contributed by atoms with Crippen LogP contribution in [0.1, 0.15) is 0 Å². The van der Waals surface area contributed by atoms with Gasteiger partial charge in [-0.3, -0.25) is 0 Å². The summed E-state index contributed by atoms with van der Waals surface area (Å²) in [5.41, 5.74) is 0. The molecule has 0 spiro atoms. The number of halogens is 2. The van der Waals surface area contributed by atoms with Crippen LogP contribution in [0.5, 0.6) is 0 Å². The van der Waals surface area contributed by atoms with Gasteiger partial charge in [-0.15, -0.1) is 0 Å². The topological polar surface area (TPSA) is 0 Å². The number of fused-ring (bicyclic) bond motifs is 1. The third-order valence-corrected chi connectivity index (χ3v) is 3.36. The van der Waals surface area contributed by atoms with Gasteiger partial charge in [0.25, 0.3) is 0 Å². The van der Waals surface area contributed by atoms with Crippen molar-refractivity contribution in [3.05, 3.63) is 44.4 Å². The van der Waals surface area contributed by atoms with Gasteiger partial charge >= 0.3 is 0 Å². The van der Waals surface area contributed by atoms with E-state index in [9.17, 15) is 0 Å². The normalized spacial score (nSPS) is 10.5. The first-order chi connectivity index (χ1) is 5.79. The number of hydrogen-bond donors (Lipinski definition) is 0. The van der Waals surface area contributed by atoms with Gasteiger partial charge in [0.05, 0.1) is 0 Å². The highest BCUT2D eigenvalue weighted by Crippen LogP contribution is 2.27. The van der Waals surface area contributed by atoms with Crippen molar-refractivity contribution in [2.45, 2.75) is 0 Å². The van der Waals surface area contributed by atoms with E-state index >= 15 is 0 Å². The van der Waals surface area contributed by atoms with Gasteiger partial charge in [-0.1, -0.05) is 40.2 Å². The Kier molecular flexibility index (Phi) is 2.37. The summed E-state index contributed by atoms with van der Waals surface area (Å²) in [7, 11) is 0. The summed E-state index contributed by atoms with van der Waals surface area (Å²) in [6.45, 7) is 0. The fraction of sp³-hybridized carbons (Fsp3) is 0. The molecular weight excluding hydrogens is 327 g/mol. The number of rotatable bonds is 0. The molecule has 0 aromatic heterocycles. The minimum Gasteiger partial charge on any atom is -0.0606 e. The Hall–Kier alpha value is -0.0900. The average Bonchev–Trinajstić information content (AvgIpc) is 2.04. The van der Waals surface area contributed by atoms with Crippen LogP contribution in [-0.2, 0) is 0 Å². The maximum atomic E-state index is 3.54. The molecule has 0 saturated heterocycles. The molecule has 0 amide bonds. The highest BCUT2D eigenvalue weighted by atomic mass is 127. The SMILES string of the molecule is Brc1cccc2cccc(I)c12. The zero-order chi connectivity index (χ0) is 8.55. The van der Waals surface area contributed by atoms with Crippen LogP contribution in [0.2, 0.25) is 0 Å². The number of hydrogen-bond acceptors (Lipinski definition) is 0. The zero-order valence-corrected chi connectivity index (χ0v) is 9.96. The Morgan fingerprint density at radius 2 is 1.67 bits per heavy atom. The van der Waals surface area contributed by atoms with Crippen molar-refractivity contribution in [2.75, 3.05) is 0 Å². The van der Waals surface area contributed by atoms with E-state index in [4.69, 9.17) is 0 Å². The molecule has 0 unspecified atom stereocenters. The second-order valence-corrected chi connectivity index (χ2v) is 4.59. The Morgan fingerprint density at radius 3 is 2.33 bits per heavy atom. The van der Waals surface area contributed by atoms with Gasteiger partial charge < -0.3 is 0 Å². The van der Waals surface area contributed by atoms with Crippen LogP contribution >= 0.6 is 38.5 Å². The molecule has 2 rings (SSSR count). The van der Waals surface area contributed by atoms with E-state index in [0.717, 1.165) is 0 Å². The van der Waals surface area contributed by atoms with Gasteiger partial charge in [-0.2, -0.15) is 0 Å². The van der Waals surface area contributed by atoms with Crippen molar-refractivity contribution in [2.24, 2.45) is 0 Å². The van der Waals surface area contributed by atoms with E-state index in [-0.39, 0.29) is 0 Å². The second-order valence-electron chi connectivity index (χ2n) is 2.58. The molecule has 0 atom stereocenters. The second kappa shape index (κ2) is 3.34. The van der Waals surface area contributed by atoms with E-state index in [1.807, 2.05) is 0 Å². The van der Waals surface area contributed by atoms with Crippen molar-refractivity contribution >= 4 is 49.3 Å². The molecule has 60 valence electrons. The molecule has 2 aromatic carbocycles. The molecule has 0 aliphatic heterocycles. The summed E-state index contributed by atoms with van der Waals surface area (Å²) < 4.78 is 2.46. The van der Waals surface area contributed by atoms with Gasteiger partial charge in [0, 0.05) is 13.4 Å². The monoisotopic (exact) mass is 332 g/mol. The summed E-state index contributed by atoms with van der Waals surface area (Å²) in [5, 5.41) is 2.59. The summed E-state index contributed by atoms with van der Waals surface area (Å²) in [6, 6.07) is 12.6.